The maximum Gasteiger partial charge on any atom is 0.315 e. The van der Waals surface area contributed by atoms with E-state index >= 15 is 0 Å². The van der Waals surface area contributed by atoms with Crippen LogP contribution in [-0.4, -0.2) is 30.8 Å². The summed E-state index contributed by atoms with van der Waals surface area (Å²) in [7, 11) is 0. The molecule has 0 bridgehead atoms. The first kappa shape index (κ1) is 14.3. The topological polar surface area (TPSA) is 50.4 Å². The molecule has 1 aliphatic carbocycles. The van der Waals surface area contributed by atoms with Crippen LogP contribution in [0.3, 0.4) is 0 Å². The van der Waals surface area contributed by atoms with Gasteiger partial charge in [0.25, 0.3) is 0 Å². The predicted octanol–water partition coefficient (Wildman–Crippen LogP) is 2.43. The van der Waals surface area contributed by atoms with Gasteiger partial charge in [0.1, 0.15) is 0 Å². The summed E-state index contributed by atoms with van der Waals surface area (Å²) < 4.78 is 5.72. The molecule has 2 amide bonds. The minimum atomic E-state index is -0.186. The van der Waals surface area contributed by atoms with Crippen LogP contribution in [0.15, 0.2) is 0 Å². The van der Waals surface area contributed by atoms with E-state index in [0.717, 1.165) is 0 Å². The van der Waals surface area contributed by atoms with Crippen molar-refractivity contribution < 1.29 is 9.53 Å². The minimum Gasteiger partial charge on any atom is -0.376 e. The van der Waals surface area contributed by atoms with Crippen LogP contribution in [0.2, 0.25) is 0 Å². The van der Waals surface area contributed by atoms with Gasteiger partial charge in [0.05, 0.1) is 12.7 Å². The molecule has 2 N–H and O–H groups in total. The molecule has 0 aromatic heterocycles. The fraction of sp³-hybridized carbons (Fsp3) is 0.923. The van der Waals surface area contributed by atoms with Gasteiger partial charge >= 0.3 is 6.03 Å². The lowest BCUT2D eigenvalue weighted by molar-refractivity contribution is 0.0311. The van der Waals surface area contributed by atoms with E-state index in [1.807, 2.05) is 20.8 Å². The molecule has 0 spiro atoms. The molecule has 0 aromatic rings. The van der Waals surface area contributed by atoms with Crippen molar-refractivity contribution in [2.45, 2.75) is 64.5 Å². The fourth-order valence-electron chi connectivity index (χ4n) is 2.01. The van der Waals surface area contributed by atoms with Gasteiger partial charge in [-0.25, -0.2) is 4.79 Å². The summed E-state index contributed by atoms with van der Waals surface area (Å²) in [5, 5.41) is 5.66. The van der Waals surface area contributed by atoms with E-state index in [1.165, 1.54) is 32.1 Å². The summed E-state index contributed by atoms with van der Waals surface area (Å²) in [6.45, 7) is 7.09. The van der Waals surface area contributed by atoms with E-state index in [9.17, 15) is 4.79 Å². The highest BCUT2D eigenvalue weighted by Crippen LogP contribution is 2.19. The van der Waals surface area contributed by atoms with Crippen molar-refractivity contribution in [1.82, 2.24) is 10.6 Å². The average molecular weight is 242 g/mol. The van der Waals surface area contributed by atoms with Crippen molar-refractivity contribution >= 4 is 6.03 Å². The Balaban J connectivity index is 2.01. The highest BCUT2D eigenvalue weighted by atomic mass is 16.5. The number of carbonyl (C=O) groups is 1. The Morgan fingerprint density at radius 2 is 1.88 bits per heavy atom. The van der Waals surface area contributed by atoms with Crippen LogP contribution in [0, 0.1) is 0 Å². The lowest BCUT2D eigenvalue weighted by Gasteiger charge is -2.23. The quantitative estimate of drug-likeness (QED) is 0.744. The molecule has 4 nitrogen and oxygen atoms in total. The molecule has 0 radical (unpaired) electrons. The van der Waals surface area contributed by atoms with Gasteiger partial charge in [0.15, 0.2) is 0 Å². The van der Waals surface area contributed by atoms with Crippen molar-refractivity contribution in [1.29, 1.82) is 0 Å². The van der Waals surface area contributed by atoms with E-state index in [1.54, 1.807) is 0 Å². The van der Waals surface area contributed by atoms with Crippen LogP contribution >= 0.6 is 0 Å². The average Bonchev–Trinajstić information content (AvgIpc) is 2.23. The molecule has 1 aliphatic rings. The molecule has 0 aliphatic heterocycles. The Labute approximate surface area is 104 Å². The van der Waals surface area contributed by atoms with Crippen molar-refractivity contribution in [3.05, 3.63) is 0 Å². The van der Waals surface area contributed by atoms with Gasteiger partial charge in [0, 0.05) is 12.1 Å². The second-order valence-electron chi connectivity index (χ2n) is 5.76. The van der Waals surface area contributed by atoms with Crippen LogP contribution in [0.4, 0.5) is 4.79 Å². The van der Waals surface area contributed by atoms with Gasteiger partial charge in [0.2, 0.25) is 0 Å². The van der Waals surface area contributed by atoms with E-state index < -0.39 is 0 Å². The molecule has 100 valence electrons. The summed E-state index contributed by atoms with van der Waals surface area (Å²) in [6, 6.07) is -0.121. The third-order valence-electron chi connectivity index (χ3n) is 2.78. The Bertz CT molecular complexity index is 230. The van der Waals surface area contributed by atoms with Crippen LogP contribution in [0.1, 0.15) is 52.9 Å². The van der Waals surface area contributed by atoms with Gasteiger partial charge in [-0.3, -0.25) is 0 Å². The molecule has 0 unspecified atom stereocenters. The van der Waals surface area contributed by atoms with Gasteiger partial charge in [-0.1, -0.05) is 19.3 Å². The highest BCUT2D eigenvalue weighted by molar-refractivity contribution is 5.74. The Morgan fingerprint density at radius 3 is 2.47 bits per heavy atom. The van der Waals surface area contributed by atoms with E-state index in [4.69, 9.17) is 4.74 Å². The zero-order chi connectivity index (χ0) is 12.7. The lowest BCUT2D eigenvalue weighted by Crippen LogP contribution is -2.47. The molecule has 0 heterocycles. The molecule has 4 heteroatoms. The zero-order valence-corrected chi connectivity index (χ0v) is 11.3. The summed E-state index contributed by atoms with van der Waals surface area (Å²) in [5.41, 5.74) is -0.186. The van der Waals surface area contributed by atoms with Crippen molar-refractivity contribution in [2.24, 2.45) is 0 Å². The maximum absolute atomic E-state index is 11.4. The first-order chi connectivity index (χ1) is 7.97. The SMILES string of the molecule is CC(C)(C)NC(=O)NCCOC1CCCCC1. The number of hydrogen-bond acceptors (Lipinski definition) is 2. The molecular formula is C13H26N2O2. The van der Waals surface area contributed by atoms with Gasteiger partial charge in [-0.15, -0.1) is 0 Å². The van der Waals surface area contributed by atoms with E-state index in [-0.39, 0.29) is 11.6 Å². The van der Waals surface area contributed by atoms with Crippen LogP contribution in [0.5, 0.6) is 0 Å². The molecule has 1 saturated carbocycles. The first-order valence-corrected chi connectivity index (χ1v) is 6.65. The Kier molecular flexibility index (Phi) is 5.75. The molecule has 1 rings (SSSR count). The Morgan fingerprint density at radius 1 is 1.24 bits per heavy atom. The fourth-order valence-corrected chi connectivity index (χ4v) is 2.01. The van der Waals surface area contributed by atoms with Gasteiger partial charge < -0.3 is 15.4 Å². The van der Waals surface area contributed by atoms with Crippen molar-refractivity contribution in [3.8, 4) is 0 Å². The molecule has 1 fully saturated rings. The largest absolute Gasteiger partial charge is 0.376 e. The first-order valence-electron chi connectivity index (χ1n) is 6.65. The number of carbonyl (C=O) groups excluding carboxylic acids is 1. The number of amides is 2. The highest BCUT2D eigenvalue weighted by Gasteiger charge is 2.14. The number of hydrogen-bond donors (Lipinski definition) is 2. The molecule has 0 saturated heterocycles. The summed E-state index contributed by atoms with van der Waals surface area (Å²) in [4.78, 5) is 11.4. The van der Waals surface area contributed by atoms with Crippen molar-refractivity contribution in [3.63, 3.8) is 0 Å². The number of rotatable bonds is 4. The maximum atomic E-state index is 11.4. The number of nitrogens with one attached hydrogen (secondary N) is 2. The second-order valence-corrected chi connectivity index (χ2v) is 5.76. The van der Waals surface area contributed by atoms with Crippen molar-refractivity contribution in [2.75, 3.05) is 13.2 Å². The minimum absolute atomic E-state index is 0.121. The third kappa shape index (κ3) is 7.21. The third-order valence-corrected chi connectivity index (χ3v) is 2.78. The summed E-state index contributed by atoms with van der Waals surface area (Å²) in [5.74, 6) is 0. The monoisotopic (exact) mass is 242 g/mol. The summed E-state index contributed by atoms with van der Waals surface area (Å²) >= 11 is 0. The van der Waals surface area contributed by atoms with Gasteiger partial charge in [-0.2, -0.15) is 0 Å². The van der Waals surface area contributed by atoms with E-state index in [2.05, 4.69) is 10.6 Å². The molecule has 0 atom stereocenters. The molecular weight excluding hydrogens is 216 g/mol. The zero-order valence-electron chi connectivity index (χ0n) is 11.3. The number of ether oxygens (including phenoxy) is 1. The van der Waals surface area contributed by atoms with Crippen LogP contribution in [0.25, 0.3) is 0 Å². The predicted molar refractivity (Wildman–Crippen MR) is 69.1 cm³/mol. The van der Waals surface area contributed by atoms with Crippen LogP contribution < -0.4 is 10.6 Å². The van der Waals surface area contributed by atoms with Crippen LogP contribution in [-0.2, 0) is 4.74 Å². The normalized spacial score (nSPS) is 17.8. The number of urea groups is 1. The molecule has 0 aromatic carbocycles. The molecule has 17 heavy (non-hydrogen) atoms. The Hall–Kier alpha value is -0.770. The summed E-state index contributed by atoms with van der Waals surface area (Å²) in [6.07, 6.45) is 6.66. The smallest absolute Gasteiger partial charge is 0.315 e. The van der Waals surface area contributed by atoms with E-state index in [0.29, 0.717) is 19.3 Å². The standard InChI is InChI=1S/C13H26N2O2/c1-13(2,3)15-12(16)14-9-10-17-11-7-5-4-6-8-11/h11H,4-10H2,1-3H3,(H2,14,15,16). The van der Waals surface area contributed by atoms with Gasteiger partial charge in [-0.05, 0) is 33.6 Å². The second kappa shape index (κ2) is 6.84. The lowest BCUT2D eigenvalue weighted by atomic mass is 9.98.